The van der Waals surface area contributed by atoms with E-state index in [0.29, 0.717) is 11.1 Å². The molecule has 0 saturated carbocycles. The predicted octanol–water partition coefficient (Wildman–Crippen LogP) is 0.531. The molecule has 0 heterocycles. The zero-order chi connectivity index (χ0) is 11.7. The van der Waals surface area contributed by atoms with Gasteiger partial charge in [0.15, 0.2) is 5.78 Å². The number of aliphatic hydroxyl groups is 1. The van der Waals surface area contributed by atoms with Gasteiger partial charge in [-0.05, 0) is 0 Å². The van der Waals surface area contributed by atoms with Gasteiger partial charge in [-0.15, -0.1) is 0 Å². The highest BCUT2D eigenvalue weighted by atomic mass is 16.3. The summed E-state index contributed by atoms with van der Waals surface area (Å²) in [4.78, 5) is 23.9. The number of allylic oxidation sites excluding steroid dienone is 1. The molecule has 82 valence electrons. The maximum Gasteiger partial charge on any atom is 0.210 e. The number of carbonyl (C=O) groups is 2. The highest BCUT2D eigenvalue weighted by Crippen LogP contribution is 2.24. The van der Waals surface area contributed by atoms with Crippen LogP contribution in [0, 0.1) is 0 Å². The van der Waals surface area contributed by atoms with E-state index < -0.39 is 6.61 Å². The van der Waals surface area contributed by atoms with Crippen LogP contribution in [0.1, 0.15) is 20.7 Å². The molecule has 0 unspecified atom stereocenters. The monoisotopic (exact) mass is 217 g/mol. The number of hydrogen-bond donors (Lipinski definition) is 2. The third-order valence-electron chi connectivity index (χ3n) is 2.63. The second-order valence-electron chi connectivity index (χ2n) is 3.47. The molecule has 1 aliphatic rings. The van der Waals surface area contributed by atoms with Crippen LogP contribution in [0.3, 0.4) is 0 Å². The summed E-state index contributed by atoms with van der Waals surface area (Å²) in [6.07, 6.45) is 0. The molecule has 0 atom stereocenters. The lowest BCUT2D eigenvalue weighted by atomic mass is 9.87. The Morgan fingerprint density at radius 2 is 1.69 bits per heavy atom. The van der Waals surface area contributed by atoms with Gasteiger partial charge in [-0.3, -0.25) is 9.59 Å². The van der Waals surface area contributed by atoms with Gasteiger partial charge in [0.1, 0.15) is 0 Å². The molecule has 4 heteroatoms. The third kappa shape index (κ3) is 1.35. The van der Waals surface area contributed by atoms with Crippen molar-refractivity contribution >= 4 is 11.6 Å². The maximum atomic E-state index is 12.0. The SMILES string of the molecule is CNC1=C(CO)C(=O)c2ccccc2C1=O. The van der Waals surface area contributed by atoms with Crippen molar-refractivity contribution in [3.63, 3.8) is 0 Å². The molecule has 1 aliphatic carbocycles. The van der Waals surface area contributed by atoms with E-state index in [2.05, 4.69) is 5.32 Å². The zero-order valence-electron chi connectivity index (χ0n) is 8.78. The van der Waals surface area contributed by atoms with E-state index in [1.807, 2.05) is 0 Å². The van der Waals surface area contributed by atoms with E-state index in [0.717, 1.165) is 0 Å². The first kappa shape index (κ1) is 10.6. The Bertz CT molecular complexity index is 458. The average Bonchev–Trinajstić information content (AvgIpc) is 2.33. The summed E-state index contributed by atoms with van der Waals surface area (Å²) in [7, 11) is 1.56. The van der Waals surface area contributed by atoms with Crippen molar-refractivity contribution in [1.82, 2.24) is 5.32 Å². The summed E-state index contributed by atoms with van der Waals surface area (Å²) in [5.41, 5.74) is 1.06. The van der Waals surface area contributed by atoms with Gasteiger partial charge in [-0.2, -0.15) is 0 Å². The number of hydrogen-bond acceptors (Lipinski definition) is 4. The zero-order valence-corrected chi connectivity index (χ0v) is 8.78. The molecule has 1 aromatic carbocycles. The second-order valence-corrected chi connectivity index (χ2v) is 3.47. The van der Waals surface area contributed by atoms with E-state index in [1.165, 1.54) is 0 Å². The van der Waals surface area contributed by atoms with Gasteiger partial charge in [-0.25, -0.2) is 0 Å². The quantitative estimate of drug-likeness (QED) is 0.758. The van der Waals surface area contributed by atoms with E-state index >= 15 is 0 Å². The Labute approximate surface area is 92.6 Å². The average molecular weight is 217 g/mol. The topological polar surface area (TPSA) is 66.4 Å². The highest BCUT2D eigenvalue weighted by Gasteiger charge is 2.30. The van der Waals surface area contributed by atoms with Crippen LogP contribution in [0.5, 0.6) is 0 Å². The number of benzene rings is 1. The normalized spacial score (nSPS) is 15.1. The van der Waals surface area contributed by atoms with Gasteiger partial charge in [0.05, 0.1) is 17.9 Å². The number of Topliss-reactive ketones (excluding diaryl/α,β-unsaturated/α-hetero) is 2. The molecule has 2 rings (SSSR count). The molecule has 16 heavy (non-hydrogen) atoms. The van der Waals surface area contributed by atoms with Crippen LogP contribution in [0.2, 0.25) is 0 Å². The maximum absolute atomic E-state index is 12.0. The van der Waals surface area contributed by atoms with Crippen molar-refractivity contribution in [1.29, 1.82) is 0 Å². The molecule has 0 fully saturated rings. The molecule has 4 nitrogen and oxygen atoms in total. The molecule has 0 aromatic heterocycles. The van der Waals surface area contributed by atoms with Crippen LogP contribution < -0.4 is 5.32 Å². The summed E-state index contributed by atoms with van der Waals surface area (Å²) >= 11 is 0. The van der Waals surface area contributed by atoms with E-state index in [1.54, 1.807) is 31.3 Å². The number of likely N-dealkylation sites (N-methyl/N-ethyl adjacent to an activating group) is 1. The summed E-state index contributed by atoms with van der Waals surface area (Å²) in [6, 6.07) is 6.61. The second kappa shape index (κ2) is 3.90. The Kier molecular flexibility index (Phi) is 2.58. The number of fused-ring (bicyclic) bond motifs is 1. The van der Waals surface area contributed by atoms with Gasteiger partial charge in [0, 0.05) is 18.2 Å². The Morgan fingerprint density at radius 3 is 2.19 bits per heavy atom. The van der Waals surface area contributed by atoms with Gasteiger partial charge in [0.25, 0.3) is 0 Å². The molecule has 0 saturated heterocycles. The number of aliphatic hydroxyl groups excluding tert-OH is 1. The van der Waals surface area contributed by atoms with Crippen molar-refractivity contribution in [2.75, 3.05) is 13.7 Å². The number of carbonyl (C=O) groups excluding carboxylic acids is 2. The van der Waals surface area contributed by atoms with E-state index in [-0.39, 0.29) is 22.8 Å². The largest absolute Gasteiger partial charge is 0.391 e. The summed E-state index contributed by atoms with van der Waals surface area (Å²) < 4.78 is 0. The van der Waals surface area contributed by atoms with Crippen LogP contribution in [0.4, 0.5) is 0 Å². The molecule has 1 aromatic rings. The smallest absolute Gasteiger partial charge is 0.210 e. The predicted molar refractivity (Wildman–Crippen MR) is 58.3 cm³/mol. The van der Waals surface area contributed by atoms with Gasteiger partial charge < -0.3 is 10.4 Å². The van der Waals surface area contributed by atoms with Gasteiger partial charge >= 0.3 is 0 Å². The van der Waals surface area contributed by atoms with Crippen LogP contribution in [-0.2, 0) is 0 Å². The fraction of sp³-hybridized carbons (Fsp3) is 0.167. The molecule has 2 N–H and O–H groups in total. The fourth-order valence-corrected chi connectivity index (χ4v) is 1.84. The Balaban J connectivity index is 2.67. The minimum atomic E-state index is -0.435. The van der Waals surface area contributed by atoms with Crippen LogP contribution in [0.25, 0.3) is 0 Å². The summed E-state index contributed by atoms with van der Waals surface area (Å²) in [5.74, 6) is -0.538. The first-order valence-electron chi connectivity index (χ1n) is 4.91. The van der Waals surface area contributed by atoms with E-state index in [9.17, 15) is 9.59 Å². The summed E-state index contributed by atoms with van der Waals surface area (Å²) in [5, 5.41) is 11.8. The molecule has 0 amide bonds. The molecule has 0 aliphatic heterocycles. The summed E-state index contributed by atoms with van der Waals surface area (Å²) in [6.45, 7) is -0.435. The fourth-order valence-electron chi connectivity index (χ4n) is 1.84. The van der Waals surface area contributed by atoms with Crippen molar-refractivity contribution in [2.24, 2.45) is 0 Å². The van der Waals surface area contributed by atoms with Gasteiger partial charge in [-0.1, -0.05) is 24.3 Å². The van der Waals surface area contributed by atoms with Crippen molar-refractivity contribution < 1.29 is 14.7 Å². The van der Waals surface area contributed by atoms with Crippen molar-refractivity contribution in [3.8, 4) is 0 Å². The number of nitrogens with one attached hydrogen (secondary N) is 1. The molecular formula is C12H11NO3. The van der Waals surface area contributed by atoms with Crippen molar-refractivity contribution in [2.45, 2.75) is 0 Å². The van der Waals surface area contributed by atoms with Crippen molar-refractivity contribution in [3.05, 3.63) is 46.7 Å². The van der Waals surface area contributed by atoms with Crippen LogP contribution in [-0.4, -0.2) is 30.3 Å². The van der Waals surface area contributed by atoms with E-state index in [4.69, 9.17) is 5.11 Å². The Hall–Kier alpha value is -1.94. The molecular weight excluding hydrogens is 206 g/mol. The number of rotatable bonds is 2. The first-order chi connectivity index (χ1) is 7.70. The highest BCUT2D eigenvalue weighted by molar-refractivity contribution is 6.26. The minimum absolute atomic E-state index is 0.131. The number of ketones is 2. The van der Waals surface area contributed by atoms with Gasteiger partial charge in [0.2, 0.25) is 5.78 Å². The van der Waals surface area contributed by atoms with Crippen LogP contribution >= 0.6 is 0 Å². The third-order valence-corrected chi connectivity index (χ3v) is 2.63. The molecule has 0 bridgehead atoms. The molecule has 0 spiro atoms. The Morgan fingerprint density at radius 1 is 1.12 bits per heavy atom. The standard InChI is InChI=1S/C12H11NO3/c1-13-10-9(6-14)11(15)7-4-2-3-5-8(7)12(10)16/h2-5,13-14H,6H2,1H3. The lowest BCUT2D eigenvalue weighted by molar-refractivity contribution is 0.0958. The van der Waals surface area contributed by atoms with Crippen LogP contribution in [0.15, 0.2) is 35.5 Å². The molecule has 0 radical (unpaired) electrons. The lowest BCUT2D eigenvalue weighted by Gasteiger charge is -2.19. The minimum Gasteiger partial charge on any atom is -0.391 e. The lowest BCUT2D eigenvalue weighted by Crippen LogP contribution is -2.29. The first-order valence-corrected chi connectivity index (χ1v) is 4.91.